The second-order valence-electron chi connectivity index (χ2n) is 5.72. The number of fused-ring (bicyclic) bond motifs is 1. The molecule has 0 fully saturated rings. The standard InChI is InChI=1S/C18H19N3O4S2/c1-3-21(2)27(23,24)14-9-10-15-16(11-14)26-18(19-15)20-17(22)12-25-13-7-5-4-6-8-13/h4-11H,3,12H2,1-2H3,(H,19,20,22). The lowest BCUT2D eigenvalue weighted by atomic mass is 10.3. The van der Waals surface area contributed by atoms with E-state index in [-0.39, 0.29) is 17.4 Å². The zero-order valence-corrected chi connectivity index (χ0v) is 16.5. The van der Waals surface area contributed by atoms with E-state index in [1.807, 2.05) is 18.2 Å². The molecule has 27 heavy (non-hydrogen) atoms. The van der Waals surface area contributed by atoms with Crippen LogP contribution in [0, 0.1) is 0 Å². The van der Waals surface area contributed by atoms with E-state index in [9.17, 15) is 13.2 Å². The summed E-state index contributed by atoms with van der Waals surface area (Å²) in [5, 5.41) is 3.07. The van der Waals surface area contributed by atoms with Crippen molar-refractivity contribution in [2.24, 2.45) is 0 Å². The van der Waals surface area contributed by atoms with Crippen LogP contribution in [0.4, 0.5) is 5.13 Å². The Morgan fingerprint density at radius 2 is 1.96 bits per heavy atom. The molecule has 2 aromatic carbocycles. The Morgan fingerprint density at radius 3 is 2.67 bits per heavy atom. The van der Waals surface area contributed by atoms with Gasteiger partial charge in [-0.2, -0.15) is 0 Å². The molecule has 0 aliphatic rings. The van der Waals surface area contributed by atoms with Gasteiger partial charge in [0.2, 0.25) is 10.0 Å². The van der Waals surface area contributed by atoms with Crippen molar-refractivity contribution in [2.45, 2.75) is 11.8 Å². The van der Waals surface area contributed by atoms with Gasteiger partial charge in [-0.3, -0.25) is 10.1 Å². The first-order chi connectivity index (χ1) is 12.9. The van der Waals surface area contributed by atoms with Crippen LogP contribution >= 0.6 is 11.3 Å². The van der Waals surface area contributed by atoms with Gasteiger partial charge in [-0.05, 0) is 30.3 Å². The summed E-state index contributed by atoms with van der Waals surface area (Å²) in [5.41, 5.74) is 0.623. The van der Waals surface area contributed by atoms with E-state index in [1.165, 1.54) is 28.8 Å². The summed E-state index contributed by atoms with van der Waals surface area (Å²) >= 11 is 1.22. The van der Waals surface area contributed by atoms with Gasteiger partial charge in [0.25, 0.3) is 5.91 Å². The highest BCUT2D eigenvalue weighted by atomic mass is 32.2. The Kier molecular flexibility index (Phi) is 5.73. The zero-order valence-electron chi connectivity index (χ0n) is 14.9. The highest BCUT2D eigenvalue weighted by Crippen LogP contribution is 2.29. The molecule has 0 saturated heterocycles. The number of hydrogen-bond donors (Lipinski definition) is 1. The third kappa shape index (κ3) is 4.44. The Morgan fingerprint density at radius 1 is 1.22 bits per heavy atom. The lowest BCUT2D eigenvalue weighted by molar-refractivity contribution is -0.118. The zero-order chi connectivity index (χ0) is 19.4. The number of aromatic nitrogens is 1. The first kappa shape index (κ1) is 19.3. The number of hydrogen-bond acceptors (Lipinski definition) is 6. The number of carbonyl (C=O) groups excluding carboxylic acids is 1. The molecular weight excluding hydrogens is 386 g/mol. The molecule has 0 spiro atoms. The SMILES string of the molecule is CCN(C)S(=O)(=O)c1ccc2nc(NC(=O)COc3ccccc3)sc2c1. The number of carbonyl (C=O) groups is 1. The Balaban J connectivity index is 1.72. The summed E-state index contributed by atoms with van der Waals surface area (Å²) in [7, 11) is -2.00. The molecule has 1 heterocycles. The van der Waals surface area contributed by atoms with Crippen molar-refractivity contribution in [3.8, 4) is 5.75 Å². The van der Waals surface area contributed by atoms with Crippen LogP contribution in [0.1, 0.15) is 6.92 Å². The molecule has 3 aromatic rings. The molecule has 0 saturated carbocycles. The van der Waals surface area contributed by atoms with Gasteiger partial charge in [-0.25, -0.2) is 17.7 Å². The van der Waals surface area contributed by atoms with Crippen molar-refractivity contribution in [3.63, 3.8) is 0 Å². The number of ether oxygens (including phenoxy) is 1. The number of nitrogens with one attached hydrogen (secondary N) is 1. The number of sulfonamides is 1. The number of para-hydroxylation sites is 1. The third-order valence-corrected chi connectivity index (χ3v) is 6.73. The quantitative estimate of drug-likeness (QED) is 0.653. The number of anilines is 1. The molecule has 0 aliphatic heterocycles. The van der Waals surface area contributed by atoms with Crippen LogP contribution in [-0.2, 0) is 14.8 Å². The molecule has 1 aromatic heterocycles. The second-order valence-corrected chi connectivity index (χ2v) is 8.79. The molecule has 1 amide bonds. The number of nitrogens with zero attached hydrogens (tertiary/aromatic N) is 2. The number of thiazole rings is 1. The molecule has 0 bridgehead atoms. The number of benzene rings is 2. The van der Waals surface area contributed by atoms with Gasteiger partial charge in [0, 0.05) is 13.6 Å². The van der Waals surface area contributed by atoms with E-state index >= 15 is 0 Å². The van der Waals surface area contributed by atoms with Crippen LogP contribution in [0.25, 0.3) is 10.2 Å². The highest BCUT2D eigenvalue weighted by Gasteiger charge is 2.20. The first-order valence-corrected chi connectivity index (χ1v) is 10.5. The highest BCUT2D eigenvalue weighted by molar-refractivity contribution is 7.89. The normalized spacial score (nSPS) is 11.7. The molecular formula is C18H19N3O4S2. The van der Waals surface area contributed by atoms with Crippen molar-refractivity contribution in [2.75, 3.05) is 25.5 Å². The van der Waals surface area contributed by atoms with E-state index in [2.05, 4.69) is 10.3 Å². The van der Waals surface area contributed by atoms with E-state index < -0.39 is 10.0 Å². The number of amides is 1. The van der Waals surface area contributed by atoms with Crippen LogP contribution in [0.15, 0.2) is 53.4 Å². The van der Waals surface area contributed by atoms with E-state index in [0.717, 1.165) is 0 Å². The molecule has 0 unspecified atom stereocenters. The molecule has 0 aliphatic carbocycles. The van der Waals surface area contributed by atoms with Crippen molar-refractivity contribution < 1.29 is 17.9 Å². The van der Waals surface area contributed by atoms with Crippen molar-refractivity contribution in [3.05, 3.63) is 48.5 Å². The predicted molar refractivity (Wildman–Crippen MR) is 106 cm³/mol. The first-order valence-electron chi connectivity index (χ1n) is 8.25. The van der Waals surface area contributed by atoms with Gasteiger partial charge in [0.1, 0.15) is 5.75 Å². The molecule has 9 heteroatoms. The summed E-state index contributed by atoms with van der Waals surface area (Å²) in [6, 6.07) is 13.8. The summed E-state index contributed by atoms with van der Waals surface area (Å²) in [6.45, 7) is 2.01. The fourth-order valence-corrected chi connectivity index (χ4v) is 4.49. The van der Waals surface area contributed by atoms with E-state index in [1.54, 1.807) is 31.2 Å². The van der Waals surface area contributed by atoms with Crippen molar-refractivity contribution >= 4 is 42.6 Å². The van der Waals surface area contributed by atoms with Crippen molar-refractivity contribution in [1.29, 1.82) is 0 Å². The largest absolute Gasteiger partial charge is 0.484 e. The Bertz CT molecular complexity index is 1050. The summed E-state index contributed by atoms with van der Waals surface area (Å²) < 4.78 is 32.2. The minimum atomic E-state index is -3.53. The monoisotopic (exact) mass is 405 g/mol. The maximum absolute atomic E-state index is 12.4. The third-order valence-electron chi connectivity index (χ3n) is 3.87. The van der Waals surface area contributed by atoms with Crippen LogP contribution in [0.5, 0.6) is 5.75 Å². The minimum Gasteiger partial charge on any atom is -0.484 e. The van der Waals surface area contributed by atoms with Gasteiger partial charge in [-0.15, -0.1) is 0 Å². The average molecular weight is 406 g/mol. The lowest BCUT2D eigenvalue weighted by Crippen LogP contribution is -2.26. The van der Waals surface area contributed by atoms with E-state index in [4.69, 9.17) is 4.74 Å². The molecule has 0 radical (unpaired) electrons. The van der Waals surface area contributed by atoms with Crippen LogP contribution < -0.4 is 10.1 Å². The van der Waals surface area contributed by atoms with Crippen LogP contribution in [0.2, 0.25) is 0 Å². The molecule has 3 rings (SSSR count). The lowest BCUT2D eigenvalue weighted by Gasteiger charge is -2.14. The molecule has 7 nitrogen and oxygen atoms in total. The summed E-state index contributed by atoms with van der Waals surface area (Å²) in [4.78, 5) is 16.6. The Labute approximate surface area is 161 Å². The smallest absolute Gasteiger partial charge is 0.264 e. The van der Waals surface area contributed by atoms with Gasteiger partial charge in [0.15, 0.2) is 11.7 Å². The maximum Gasteiger partial charge on any atom is 0.264 e. The molecule has 142 valence electrons. The van der Waals surface area contributed by atoms with Gasteiger partial charge in [0.05, 0.1) is 15.1 Å². The molecule has 1 N–H and O–H groups in total. The van der Waals surface area contributed by atoms with Gasteiger partial charge < -0.3 is 4.74 Å². The van der Waals surface area contributed by atoms with E-state index in [0.29, 0.717) is 27.6 Å². The summed E-state index contributed by atoms with van der Waals surface area (Å²) in [6.07, 6.45) is 0. The molecule has 0 atom stereocenters. The van der Waals surface area contributed by atoms with Crippen LogP contribution in [0.3, 0.4) is 0 Å². The van der Waals surface area contributed by atoms with Gasteiger partial charge in [-0.1, -0.05) is 36.5 Å². The number of rotatable bonds is 7. The fraction of sp³-hybridized carbons (Fsp3) is 0.222. The van der Waals surface area contributed by atoms with Crippen LogP contribution in [-0.4, -0.2) is 43.8 Å². The van der Waals surface area contributed by atoms with Gasteiger partial charge >= 0.3 is 0 Å². The summed E-state index contributed by atoms with van der Waals surface area (Å²) in [5.74, 6) is 0.267. The topological polar surface area (TPSA) is 88.6 Å². The predicted octanol–water partition coefficient (Wildman–Crippen LogP) is 2.95. The second kappa shape index (κ2) is 8.03. The average Bonchev–Trinajstić information content (AvgIpc) is 3.07. The van der Waals surface area contributed by atoms with Crippen molar-refractivity contribution in [1.82, 2.24) is 9.29 Å². The fourth-order valence-electron chi connectivity index (χ4n) is 2.29. The maximum atomic E-state index is 12.4. The Hall–Kier alpha value is -2.49. The minimum absolute atomic E-state index is 0.138.